The lowest BCUT2D eigenvalue weighted by molar-refractivity contribution is -0.118. The van der Waals surface area contributed by atoms with Gasteiger partial charge in [0.05, 0.1) is 0 Å². The van der Waals surface area contributed by atoms with Crippen molar-refractivity contribution in [2.24, 2.45) is 0 Å². The molecule has 0 aliphatic carbocycles. The van der Waals surface area contributed by atoms with Crippen molar-refractivity contribution < 1.29 is 4.79 Å². The highest BCUT2D eigenvalue weighted by molar-refractivity contribution is 6.37. The van der Waals surface area contributed by atoms with E-state index in [0.717, 1.165) is 11.3 Å². The zero-order chi connectivity index (χ0) is 10.3. The predicted octanol–water partition coefficient (Wildman–Crippen LogP) is 1.76. The van der Waals surface area contributed by atoms with Crippen LogP contribution in [0.25, 0.3) is 0 Å². The molecule has 0 bridgehead atoms. The molecule has 0 fully saturated rings. The molecular formula is C10H11ClN2O. The molecule has 1 amide bonds. The topological polar surface area (TPSA) is 55.1 Å². The van der Waals surface area contributed by atoms with E-state index < -0.39 is 4.87 Å². The van der Waals surface area contributed by atoms with Crippen LogP contribution in [-0.2, 0) is 11.2 Å². The Hall–Kier alpha value is -1.22. The van der Waals surface area contributed by atoms with E-state index in [1.807, 2.05) is 12.1 Å². The summed E-state index contributed by atoms with van der Waals surface area (Å²) < 4.78 is 0. The minimum Gasteiger partial charge on any atom is -0.399 e. The number of amides is 1. The summed E-state index contributed by atoms with van der Waals surface area (Å²) in [5, 5.41) is 2.74. The lowest BCUT2D eigenvalue weighted by atomic mass is 9.94. The van der Waals surface area contributed by atoms with Gasteiger partial charge in [-0.05, 0) is 24.6 Å². The van der Waals surface area contributed by atoms with Gasteiger partial charge in [-0.2, -0.15) is 0 Å². The number of halogens is 1. The molecular weight excluding hydrogens is 200 g/mol. The smallest absolute Gasteiger partial charge is 0.245 e. The first-order valence-electron chi connectivity index (χ1n) is 4.38. The van der Waals surface area contributed by atoms with Gasteiger partial charge in [-0.1, -0.05) is 6.07 Å². The van der Waals surface area contributed by atoms with Gasteiger partial charge in [0, 0.05) is 17.8 Å². The van der Waals surface area contributed by atoms with Crippen molar-refractivity contribution >= 4 is 28.9 Å². The third-order valence-electron chi connectivity index (χ3n) is 2.38. The predicted molar refractivity (Wildman–Crippen MR) is 57.4 cm³/mol. The molecule has 1 aromatic rings. The Bertz CT molecular complexity index is 401. The van der Waals surface area contributed by atoms with Gasteiger partial charge in [-0.15, -0.1) is 11.6 Å². The largest absolute Gasteiger partial charge is 0.399 e. The van der Waals surface area contributed by atoms with Gasteiger partial charge in [0.1, 0.15) is 4.87 Å². The van der Waals surface area contributed by atoms with Crippen LogP contribution in [0.4, 0.5) is 11.4 Å². The third kappa shape index (κ3) is 1.44. The molecule has 2 rings (SSSR count). The number of nitrogens with two attached hydrogens (primary N) is 1. The quantitative estimate of drug-likeness (QED) is 0.507. The number of hydrogen-bond acceptors (Lipinski definition) is 2. The highest BCUT2D eigenvalue weighted by Crippen LogP contribution is 2.32. The molecule has 0 saturated heterocycles. The number of carbonyl (C=O) groups is 1. The van der Waals surface area contributed by atoms with Gasteiger partial charge >= 0.3 is 0 Å². The second-order valence-electron chi connectivity index (χ2n) is 3.74. The number of fused-ring (bicyclic) bond motifs is 1. The van der Waals surface area contributed by atoms with Crippen LogP contribution in [0, 0.1) is 0 Å². The van der Waals surface area contributed by atoms with Crippen molar-refractivity contribution in [2.45, 2.75) is 18.2 Å². The van der Waals surface area contributed by atoms with Crippen LogP contribution in [0.2, 0.25) is 0 Å². The number of rotatable bonds is 0. The maximum atomic E-state index is 11.5. The summed E-state index contributed by atoms with van der Waals surface area (Å²) in [7, 11) is 0. The van der Waals surface area contributed by atoms with Crippen LogP contribution < -0.4 is 11.1 Å². The van der Waals surface area contributed by atoms with Crippen molar-refractivity contribution in [3.8, 4) is 0 Å². The molecule has 1 aromatic carbocycles. The Morgan fingerprint density at radius 1 is 1.57 bits per heavy atom. The van der Waals surface area contributed by atoms with Gasteiger partial charge in [-0.25, -0.2) is 0 Å². The lowest BCUT2D eigenvalue weighted by Gasteiger charge is -2.28. The van der Waals surface area contributed by atoms with Crippen LogP contribution >= 0.6 is 11.6 Å². The minimum absolute atomic E-state index is 0.169. The van der Waals surface area contributed by atoms with Crippen molar-refractivity contribution in [3.05, 3.63) is 23.8 Å². The second kappa shape index (κ2) is 2.89. The Labute approximate surface area is 87.2 Å². The first-order valence-corrected chi connectivity index (χ1v) is 4.75. The molecule has 4 heteroatoms. The van der Waals surface area contributed by atoms with Crippen LogP contribution in [0.1, 0.15) is 12.5 Å². The Morgan fingerprint density at radius 2 is 2.29 bits per heavy atom. The van der Waals surface area contributed by atoms with Crippen molar-refractivity contribution in [1.29, 1.82) is 0 Å². The van der Waals surface area contributed by atoms with Gasteiger partial charge in [0.25, 0.3) is 0 Å². The van der Waals surface area contributed by atoms with E-state index in [-0.39, 0.29) is 5.91 Å². The molecule has 1 atom stereocenters. The summed E-state index contributed by atoms with van der Waals surface area (Å²) in [6.07, 6.45) is 0.538. The van der Waals surface area contributed by atoms with Gasteiger partial charge < -0.3 is 11.1 Å². The van der Waals surface area contributed by atoms with Gasteiger partial charge in [-0.3, -0.25) is 4.79 Å². The van der Waals surface area contributed by atoms with Crippen molar-refractivity contribution in [2.75, 3.05) is 11.1 Å². The Balaban J connectivity index is 2.46. The number of anilines is 2. The summed E-state index contributed by atoms with van der Waals surface area (Å²) in [4.78, 5) is 10.7. The van der Waals surface area contributed by atoms with E-state index in [2.05, 4.69) is 5.32 Å². The van der Waals surface area contributed by atoms with Crippen LogP contribution in [0.15, 0.2) is 18.2 Å². The van der Waals surface area contributed by atoms with Crippen molar-refractivity contribution in [3.63, 3.8) is 0 Å². The summed E-state index contributed by atoms with van der Waals surface area (Å²) >= 11 is 6.05. The molecule has 0 spiro atoms. The van der Waals surface area contributed by atoms with Crippen LogP contribution in [0.3, 0.4) is 0 Å². The summed E-state index contributed by atoms with van der Waals surface area (Å²) in [6, 6.07) is 5.45. The molecule has 0 saturated carbocycles. The van der Waals surface area contributed by atoms with Crippen LogP contribution in [-0.4, -0.2) is 10.8 Å². The fourth-order valence-corrected chi connectivity index (χ4v) is 1.75. The molecule has 74 valence electrons. The normalized spacial score (nSPS) is 25.4. The van der Waals surface area contributed by atoms with E-state index in [9.17, 15) is 4.79 Å². The third-order valence-corrected chi connectivity index (χ3v) is 2.68. The second-order valence-corrected chi connectivity index (χ2v) is 4.58. The SMILES string of the molecule is C[C@]1(Cl)Cc2ccc(N)cc2NC1=O. The monoisotopic (exact) mass is 210 g/mol. The van der Waals surface area contributed by atoms with E-state index in [0.29, 0.717) is 12.1 Å². The first kappa shape index (κ1) is 9.34. The molecule has 3 N–H and O–H groups in total. The standard InChI is InChI=1S/C10H11ClN2O/c1-10(11)5-6-2-3-7(12)4-8(6)13-9(10)14/h2-4H,5,12H2,1H3,(H,13,14)/t10-/m0/s1. The van der Waals surface area contributed by atoms with E-state index >= 15 is 0 Å². The molecule has 14 heavy (non-hydrogen) atoms. The molecule has 0 aromatic heterocycles. The van der Waals surface area contributed by atoms with E-state index in [1.54, 1.807) is 13.0 Å². The number of hydrogen-bond donors (Lipinski definition) is 2. The molecule has 0 radical (unpaired) electrons. The van der Waals surface area contributed by atoms with Gasteiger partial charge in [0.15, 0.2) is 0 Å². The molecule has 1 aliphatic rings. The Morgan fingerprint density at radius 3 is 3.00 bits per heavy atom. The fraction of sp³-hybridized carbons (Fsp3) is 0.300. The number of nitrogen functional groups attached to an aromatic ring is 1. The maximum absolute atomic E-state index is 11.5. The van der Waals surface area contributed by atoms with E-state index in [4.69, 9.17) is 17.3 Å². The van der Waals surface area contributed by atoms with Crippen LogP contribution in [0.5, 0.6) is 0 Å². The minimum atomic E-state index is -0.844. The lowest BCUT2D eigenvalue weighted by Crippen LogP contribution is -2.40. The molecule has 1 aliphatic heterocycles. The number of nitrogens with one attached hydrogen (secondary N) is 1. The highest BCUT2D eigenvalue weighted by atomic mass is 35.5. The molecule has 0 unspecified atom stereocenters. The number of carbonyl (C=O) groups excluding carboxylic acids is 1. The summed E-state index contributed by atoms with van der Waals surface area (Å²) in [5.74, 6) is -0.169. The molecule has 3 nitrogen and oxygen atoms in total. The average molecular weight is 211 g/mol. The van der Waals surface area contributed by atoms with Gasteiger partial charge in [0.2, 0.25) is 5.91 Å². The summed E-state index contributed by atoms with van der Waals surface area (Å²) in [6.45, 7) is 1.71. The highest BCUT2D eigenvalue weighted by Gasteiger charge is 2.35. The Kier molecular flexibility index (Phi) is 1.93. The van der Waals surface area contributed by atoms with E-state index in [1.165, 1.54) is 0 Å². The number of benzene rings is 1. The average Bonchev–Trinajstić information content (AvgIpc) is 2.08. The summed E-state index contributed by atoms with van der Waals surface area (Å²) in [5.41, 5.74) is 8.05. The molecule has 1 heterocycles. The zero-order valence-corrected chi connectivity index (χ0v) is 8.56. The fourth-order valence-electron chi connectivity index (χ4n) is 1.56. The first-order chi connectivity index (χ1) is 6.49. The maximum Gasteiger partial charge on any atom is 0.245 e. The number of alkyl halides is 1. The zero-order valence-electron chi connectivity index (χ0n) is 7.80. The van der Waals surface area contributed by atoms with Crippen molar-refractivity contribution in [1.82, 2.24) is 0 Å².